The second-order valence-corrected chi connectivity index (χ2v) is 6.68. The Morgan fingerprint density at radius 3 is 2.73 bits per heavy atom. The van der Waals surface area contributed by atoms with Crippen molar-refractivity contribution in [3.63, 3.8) is 0 Å². The fraction of sp³-hybridized carbons (Fsp3) is 0.381. The van der Waals surface area contributed by atoms with E-state index in [4.69, 9.17) is 4.74 Å². The van der Waals surface area contributed by atoms with Crippen molar-refractivity contribution in [1.29, 1.82) is 0 Å². The Morgan fingerprint density at radius 1 is 1.19 bits per heavy atom. The zero-order valence-corrected chi connectivity index (χ0v) is 15.1. The fourth-order valence-corrected chi connectivity index (χ4v) is 3.16. The van der Waals surface area contributed by atoms with Crippen molar-refractivity contribution in [3.8, 4) is 5.75 Å². The Hall–Kier alpha value is -2.37. The molecule has 1 aliphatic heterocycles. The first-order valence-corrected chi connectivity index (χ1v) is 9.07. The molecule has 1 atom stereocenters. The predicted molar refractivity (Wildman–Crippen MR) is 101 cm³/mol. The molecule has 2 N–H and O–H groups in total. The Balaban J connectivity index is 1.38. The number of aliphatic hydroxyl groups is 1. The smallest absolute Gasteiger partial charge is 0.252 e. The normalized spacial score (nSPS) is 15.2. The second kappa shape index (κ2) is 8.83. The molecular formula is C21H26N2O3. The lowest BCUT2D eigenvalue weighted by atomic mass is 10.00. The summed E-state index contributed by atoms with van der Waals surface area (Å²) in [6.45, 7) is 5.07. The number of hydrogen-bond acceptors (Lipinski definition) is 4. The molecule has 0 saturated carbocycles. The summed E-state index contributed by atoms with van der Waals surface area (Å²) in [5.74, 6) is 0.294. The number of carbonyl (C=O) groups excluding carboxylic acids is 1. The highest BCUT2D eigenvalue weighted by molar-refractivity contribution is 5.80. The zero-order valence-electron chi connectivity index (χ0n) is 15.1. The lowest BCUT2D eigenvalue weighted by molar-refractivity contribution is -0.130. The van der Waals surface area contributed by atoms with E-state index in [2.05, 4.69) is 34.5 Å². The van der Waals surface area contributed by atoms with Gasteiger partial charge < -0.3 is 15.2 Å². The van der Waals surface area contributed by atoms with E-state index in [0.29, 0.717) is 12.3 Å². The van der Waals surface area contributed by atoms with Gasteiger partial charge in [-0.15, -0.1) is 0 Å². The fourth-order valence-electron chi connectivity index (χ4n) is 3.16. The number of hydrogen-bond donors (Lipinski definition) is 2. The number of nitrogens with zero attached hydrogens (tertiary/aromatic N) is 1. The lowest BCUT2D eigenvalue weighted by Crippen LogP contribution is -2.42. The molecule has 1 amide bonds. The molecule has 0 spiro atoms. The maximum Gasteiger partial charge on any atom is 0.252 e. The van der Waals surface area contributed by atoms with Crippen LogP contribution < -0.4 is 10.1 Å². The summed E-state index contributed by atoms with van der Waals surface area (Å²) in [4.78, 5) is 14.3. The number of nitrogens with one attached hydrogen (secondary N) is 1. The maximum atomic E-state index is 12.0. The molecule has 1 heterocycles. The third-order valence-electron chi connectivity index (χ3n) is 4.73. The van der Waals surface area contributed by atoms with Crippen LogP contribution in [0, 0.1) is 6.92 Å². The van der Waals surface area contributed by atoms with Crippen LogP contribution in [0.2, 0.25) is 0 Å². The molecule has 0 aromatic heterocycles. The van der Waals surface area contributed by atoms with Crippen LogP contribution in [-0.2, 0) is 17.8 Å². The first-order chi connectivity index (χ1) is 12.6. The van der Waals surface area contributed by atoms with Gasteiger partial charge in [0, 0.05) is 26.2 Å². The Bertz CT molecular complexity index is 748. The number of amides is 1. The molecule has 1 aliphatic rings. The minimum atomic E-state index is -1.17. The monoisotopic (exact) mass is 354 g/mol. The van der Waals surface area contributed by atoms with Gasteiger partial charge in [0.1, 0.15) is 12.4 Å². The van der Waals surface area contributed by atoms with Gasteiger partial charge in [-0.2, -0.15) is 0 Å². The molecule has 1 unspecified atom stereocenters. The van der Waals surface area contributed by atoms with E-state index in [1.165, 1.54) is 11.1 Å². The van der Waals surface area contributed by atoms with Gasteiger partial charge in [0.05, 0.1) is 0 Å². The average molecular weight is 354 g/mol. The molecule has 5 nitrogen and oxygen atoms in total. The molecule has 3 rings (SSSR count). The number of benzene rings is 2. The molecule has 0 bridgehead atoms. The largest absolute Gasteiger partial charge is 0.490 e. The highest BCUT2D eigenvalue weighted by atomic mass is 16.5. The topological polar surface area (TPSA) is 61.8 Å². The van der Waals surface area contributed by atoms with Gasteiger partial charge in [0.15, 0.2) is 6.10 Å². The van der Waals surface area contributed by atoms with Gasteiger partial charge in [-0.3, -0.25) is 9.69 Å². The molecule has 2 aromatic carbocycles. The molecule has 0 aliphatic carbocycles. The van der Waals surface area contributed by atoms with E-state index < -0.39 is 12.0 Å². The van der Waals surface area contributed by atoms with E-state index >= 15 is 0 Å². The van der Waals surface area contributed by atoms with E-state index in [0.717, 1.165) is 31.6 Å². The van der Waals surface area contributed by atoms with Crippen molar-refractivity contribution < 1.29 is 14.6 Å². The van der Waals surface area contributed by atoms with Crippen LogP contribution in [-0.4, -0.2) is 48.3 Å². The highest BCUT2D eigenvalue weighted by Crippen LogP contribution is 2.18. The van der Waals surface area contributed by atoms with E-state index in [9.17, 15) is 9.90 Å². The van der Waals surface area contributed by atoms with Crippen molar-refractivity contribution >= 4 is 5.91 Å². The summed E-state index contributed by atoms with van der Waals surface area (Å²) in [6, 6.07) is 16.0. The molecule has 2 aromatic rings. The summed E-state index contributed by atoms with van der Waals surface area (Å²) in [5, 5.41) is 12.8. The molecule has 26 heavy (non-hydrogen) atoms. The standard InChI is InChI=1S/C21H26N2O3/c1-16-6-2-5-9-20(16)26-15-19(24)21(25)22-11-13-23-12-10-17-7-3-4-8-18(17)14-23/h2-9,19,24H,10-15H2,1H3,(H,22,25). The minimum Gasteiger partial charge on any atom is -0.490 e. The van der Waals surface area contributed by atoms with Crippen molar-refractivity contribution in [1.82, 2.24) is 10.2 Å². The number of carbonyl (C=O) groups is 1. The van der Waals surface area contributed by atoms with E-state index in [1.807, 2.05) is 31.2 Å². The molecule has 5 heteroatoms. The molecule has 0 fully saturated rings. The van der Waals surface area contributed by atoms with E-state index in [1.54, 1.807) is 0 Å². The predicted octanol–water partition coefficient (Wildman–Crippen LogP) is 1.91. The molecule has 138 valence electrons. The first kappa shape index (κ1) is 18.4. The van der Waals surface area contributed by atoms with Crippen LogP contribution in [0.3, 0.4) is 0 Å². The minimum absolute atomic E-state index is 0.0478. The van der Waals surface area contributed by atoms with Crippen molar-refractivity contribution in [2.75, 3.05) is 26.2 Å². The van der Waals surface area contributed by atoms with Crippen LogP contribution in [0.1, 0.15) is 16.7 Å². The van der Waals surface area contributed by atoms with Crippen molar-refractivity contribution in [3.05, 3.63) is 65.2 Å². The molecule has 0 radical (unpaired) electrons. The first-order valence-electron chi connectivity index (χ1n) is 9.07. The third-order valence-corrected chi connectivity index (χ3v) is 4.73. The van der Waals surface area contributed by atoms with Gasteiger partial charge >= 0.3 is 0 Å². The SMILES string of the molecule is Cc1ccccc1OCC(O)C(=O)NCCN1CCc2ccccc2C1. The van der Waals surface area contributed by atoms with Crippen LogP contribution in [0.25, 0.3) is 0 Å². The second-order valence-electron chi connectivity index (χ2n) is 6.68. The number of rotatable bonds is 7. The van der Waals surface area contributed by atoms with Crippen LogP contribution >= 0.6 is 0 Å². The van der Waals surface area contributed by atoms with Crippen molar-refractivity contribution in [2.45, 2.75) is 26.0 Å². The quantitative estimate of drug-likeness (QED) is 0.797. The van der Waals surface area contributed by atoms with Gasteiger partial charge in [-0.1, -0.05) is 42.5 Å². The number of ether oxygens (including phenoxy) is 1. The average Bonchev–Trinajstić information content (AvgIpc) is 2.67. The third kappa shape index (κ3) is 4.84. The summed E-state index contributed by atoms with van der Waals surface area (Å²) in [5.41, 5.74) is 3.75. The molecular weight excluding hydrogens is 328 g/mol. The van der Waals surface area contributed by atoms with Gasteiger partial charge in [0.25, 0.3) is 5.91 Å². The summed E-state index contributed by atoms with van der Waals surface area (Å²) in [6.07, 6.45) is -0.131. The Kier molecular flexibility index (Phi) is 6.26. The summed E-state index contributed by atoms with van der Waals surface area (Å²) < 4.78 is 5.53. The van der Waals surface area contributed by atoms with Crippen LogP contribution in [0.5, 0.6) is 5.75 Å². The van der Waals surface area contributed by atoms with Crippen LogP contribution in [0.4, 0.5) is 0 Å². The van der Waals surface area contributed by atoms with Gasteiger partial charge in [-0.25, -0.2) is 0 Å². The van der Waals surface area contributed by atoms with E-state index in [-0.39, 0.29) is 6.61 Å². The zero-order chi connectivity index (χ0) is 18.4. The maximum absolute atomic E-state index is 12.0. The summed E-state index contributed by atoms with van der Waals surface area (Å²) in [7, 11) is 0. The lowest BCUT2D eigenvalue weighted by Gasteiger charge is -2.28. The summed E-state index contributed by atoms with van der Waals surface area (Å²) >= 11 is 0. The number of fused-ring (bicyclic) bond motifs is 1. The van der Waals surface area contributed by atoms with Crippen molar-refractivity contribution in [2.24, 2.45) is 0 Å². The number of aryl methyl sites for hydroxylation is 1. The van der Waals surface area contributed by atoms with Crippen LogP contribution in [0.15, 0.2) is 48.5 Å². The Labute approximate surface area is 154 Å². The highest BCUT2D eigenvalue weighted by Gasteiger charge is 2.18. The number of aliphatic hydroxyl groups excluding tert-OH is 1. The molecule has 0 saturated heterocycles. The number of para-hydroxylation sites is 1. The van der Waals surface area contributed by atoms with Gasteiger partial charge in [0.2, 0.25) is 0 Å². The Morgan fingerprint density at radius 2 is 1.92 bits per heavy atom. The van der Waals surface area contributed by atoms with Gasteiger partial charge in [-0.05, 0) is 36.1 Å².